The molecule has 0 aromatic heterocycles. The van der Waals surface area contributed by atoms with Crippen molar-refractivity contribution in [1.29, 1.82) is 0 Å². The monoisotopic (exact) mass is 268 g/mol. The van der Waals surface area contributed by atoms with Crippen molar-refractivity contribution >= 4 is 27.4 Å². The van der Waals surface area contributed by atoms with Gasteiger partial charge in [0.05, 0.1) is 6.61 Å². The molecule has 0 aromatic carbocycles. The van der Waals surface area contributed by atoms with E-state index in [4.69, 9.17) is 16.3 Å². The summed E-state index contributed by atoms with van der Waals surface area (Å²) in [6.45, 7) is 1.86. The van der Waals surface area contributed by atoms with Gasteiger partial charge in [-0.3, -0.25) is 4.79 Å². The van der Waals surface area contributed by atoms with Crippen molar-refractivity contribution in [2.45, 2.75) is 43.8 Å². The second kappa shape index (κ2) is 5.36. The molecule has 1 rings (SSSR count). The number of carbonyl (C=O) groups excluding carboxylic acids is 1. The topological polar surface area (TPSA) is 60.4 Å². The first-order valence-electron chi connectivity index (χ1n) is 5.45. The molecule has 0 N–H and O–H groups in total. The number of hydrogen-bond donors (Lipinski definition) is 0. The maximum atomic E-state index is 12.0. The smallest absolute Gasteiger partial charge is 0.327 e. The van der Waals surface area contributed by atoms with Crippen LogP contribution in [0.4, 0.5) is 0 Å². The number of alkyl halides is 1. The SMILES string of the molecule is CCOC(=O)C1(S(=O)(=O)CCl)CCCCC1. The maximum Gasteiger partial charge on any atom is 0.327 e. The summed E-state index contributed by atoms with van der Waals surface area (Å²) < 4.78 is 27.4. The van der Waals surface area contributed by atoms with Crippen LogP contribution in [0.1, 0.15) is 39.0 Å². The van der Waals surface area contributed by atoms with Gasteiger partial charge in [0.15, 0.2) is 14.6 Å². The first kappa shape index (κ1) is 13.8. The predicted octanol–water partition coefficient (Wildman–Crippen LogP) is 1.86. The Hall–Kier alpha value is -0.290. The number of rotatable bonds is 4. The first-order chi connectivity index (χ1) is 7.50. The highest BCUT2D eigenvalue weighted by Crippen LogP contribution is 2.37. The van der Waals surface area contributed by atoms with Gasteiger partial charge in [-0.25, -0.2) is 8.42 Å². The second-order valence-corrected chi connectivity index (χ2v) is 6.88. The molecule has 0 heterocycles. The Labute approximate surface area is 101 Å². The van der Waals surface area contributed by atoms with Crippen LogP contribution in [0.25, 0.3) is 0 Å². The Morgan fingerprint density at radius 2 is 1.88 bits per heavy atom. The van der Waals surface area contributed by atoms with E-state index in [9.17, 15) is 13.2 Å². The normalized spacial score (nSPS) is 20.4. The fourth-order valence-electron chi connectivity index (χ4n) is 2.13. The number of halogens is 1. The summed E-state index contributed by atoms with van der Waals surface area (Å²) >= 11 is 5.46. The highest BCUT2D eigenvalue weighted by molar-refractivity contribution is 7.94. The van der Waals surface area contributed by atoms with Crippen LogP contribution in [0, 0.1) is 0 Å². The summed E-state index contributed by atoms with van der Waals surface area (Å²) in [4.78, 5) is 11.9. The Morgan fingerprint density at radius 1 is 1.31 bits per heavy atom. The van der Waals surface area contributed by atoms with Gasteiger partial charge >= 0.3 is 5.97 Å². The molecule has 0 saturated heterocycles. The molecule has 0 aliphatic heterocycles. The minimum absolute atomic E-state index is 0.193. The van der Waals surface area contributed by atoms with Crippen LogP contribution >= 0.6 is 11.6 Å². The molecule has 0 bridgehead atoms. The minimum Gasteiger partial charge on any atom is -0.465 e. The molecule has 0 unspecified atom stereocenters. The molecule has 1 aliphatic rings. The zero-order valence-electron chi connectivity index (χ0n) is 9.37. The maximum absolute atomic E-state index is 12.0. The molecule has 0 amide bonds. The van der Waals surface area contributed by atoms with E-state index >= 15 is 0 Å². The van der Waals surface area contributed by atoms with Gasteiger partial charge in [-0.2, -0.15) is 0 Å². The Kier molecular flexibility index (Phi) is 4.62. The zero-order chi connectivity index (χ0) is 12.2. The van der Waals surface area contributed by atoms with Crippen LogP contribution < -0.4 is 0 Å². The van der Waals surface area contributed by atoms with Crippen LogP contribution in [-0.4, -0.2) is 31.0 Å². The standard InChI is InChI=1S/C10H17ClO4S/c1-2-15-9(12)10(16(13,14)8-11)6-4-3-5-7-10/h2-8H2,1H3. The lowest BCUT2D eigenvalue weighted by Crippen LogP contribution is -2.49. The number of sulfone groups is 1. The lowest BCUT2D eigenvalue weighted by Gasteiger charge is -2.33. The van der Waals surface area contributed by atoms with Crippen molar-refractivity contribution < 1.29 is 17.9 Å². The van der Waals surface area contributed by atoms with E-state index in [0.717, 1.165) is 19.3 Å². The van der Waals surface area contributed by atoms with Crippen molar-refractivity contribution in [3.63, 3.8) is 0 Å². The average Bonchev–Trinajstić information content (AvgIpc) is 2.30. The summed E-state index contributed by atoms with van der Waals surface area (Å²) in [5, 5.41) is -0.522. The van der Waals surface area contributed by atoms with Gasteiger partial charge in [0.25, 0.3) is 0 Å². The lowest BCUT2D eigenvalue weighted by atomic mass is 9.88. The van der Waals surface area contributed by atoms with Gasteiger partial charge < -0.3 is 4.74 Å². The van der Waals surface area contributed by atoms with E-state index in [1.165, 1.54) is 0 Å². The highest BCUT2D eigenvalue weighted by atomic mass is 35.5. The second-order valence-electron chi connectivity index (χ2n) is 4.00. The molecule has 1 saturated carbocycles. The summed E-state index contributed by atoms with van der Waals surface area (Å²) in [5.74, 6) is -0.629. The van der Waals surface area contributed by atoms with E-state index in [2.05, 4.69) is 0 Å². The molecule has 0 aromatic rings. The molecule has 94 valence electrons. The average molecular weight is 269 g/mol. The lowest BCUT2D eigenvalue weighted by molar-refractivity contribution is -0.147. The summed E-state index contributed by atoms with van der Waals surface area (Å²) in [7, 11) is -3.61. The fraction of sp³-hybridized carbons (Fsp3) is 0.900. The number of carbonyl (C=O) groups is 1. The first-order valence-corrected chi connectivity index (χ1v) is 7.64. The van der Waals surface area contributed by atoms with Gasteiger partial charge in [0.2, 0.25) is 0 Å². The van der Waals surface area contributed by atoms with E-state index in [-0.39, 0.29) is 6.61 Å². The summed E-state index contributed by atoms with van der Waals surface area (Å²) in [6, 6.07) is 0. The molecular formula is C10H17ClO4S. The molecule has 0 atom stereocenters. The predicted molar refractivity (Wildman–Crippen MR) is 62.1 cm³/mol. The van der Waals surface area contributed by atoms with Crippen LogP contribution in [0.3, 0.4) is 0 Å². The molecule has 0 radical (unpaired) electrons. The third kappa shape index (κ3) is 2.35. The van der Waals surface area contributed by atoms with Gasteiger partial charge in [-0.15, -0.1) is 11.6 Å². The van der Waals surface area contributed by atoms with E-state index in [0.29, 0.717) is 12.8 Å². The number of hydrogen-bond acceptors (Lipinski definition) is 4. The molecule has 4 nitrogen and oxygen atoms in total. The molecular weight excluding hydrogens is 252 g/mol. The van der Waals surface area contributed by atoms with Crippen LogP contribution in [0.15, 0.2) is 0 Å². The highest BCUT2D eigenvalue weighted by Gasteiger charge is 2.51. The largest absolute Gasteiger partial charge is 0.465 e. The molecule has 1 aliphatic carbocycles. The van der Waals surface area contributed by atoms with Crippen LogP contribution in [0.2, 0.25) is 0 Å². The number of ether oxygens (including phenoxy) is 1. The number of esters is 1. The Balaban J connectivity index is 3.06. The minimum atomic E-state index is -3.61. The summed E-state index contributed by atoms with van der Waals surface area (Å²) in [6.07, 6.45) is 3.09. The quantitative estimate of drug-likeness (QED) is 0.577. The van der Waals surface area contributed by atoms with Crippen molar-refractivity contribution in [1.82, 2.24) is 0 Å². The van der Waals surface area contributed by atoms with Gasteiger partial charge in [-0.05, 0) is 19.8 Å². The van der Waals surface area contributed by atoms with E-state index < -0.39 is 25.8 Å². The zero-order valence-corrected chi connectivity index (χ0v) is 10.9. The van der Waals surface area contributed by atoms with Crippen LogP contribution in [-0.2, 0) is 19.4 Å². The van der Waals surface area contributed by atoms with Gasteiger partial charge in [0.1, 0.15) is 5.21 Å². The molecule has 1 fully saturated rings. The van der Waals surface area contributed by atoms with Crippen molar-refractivity contribution in [3.05, 3.63) is 0 Å². The molecule has 6 heteroatoms. The van der Waals surface area contributed by atoms with Gasteiger partial charge in [-0.1, -0.05) is 19.3 Å². The van der Waals surface area contributed by atoms with E-state index in [1.807, 2.05) is 0 Å². The van der Waals surface area contributed by atoms with Crippen molar-refractivity contribution in [2.24, 2.45) is 0 Å². The van der Waals surface area contributed by atoms with E-state index in [1.54, 1.807) is 6.92 Å². The molecule has 0 spiro atoms. The van der Waals surface area contributed by atoms with Gasteiger partial charge in [0, 0.05) is 0 Å². The van der Waals surface area contributed by atoms with Crippen LogP contribution in [0.5, 0.6) is 0 Å². The van der Waals surface area contributed by atoms with Crippen molar-refractivity contribution in [3.8, 4) is 0 Å². The summed E-state index contributed by atoms with van der Waals surface area (Å²) in [5.41, 5.74) is 0. The Bertz CT molecular complexity index is 344. The third-order valence-corrected chi connectivity index (χ3v) is 5.96. The van der Waals surface area contributed by atoms with Crippen molar-refractivity contribution in [2.75, 3.05) is 11.8 Å². The third-order valence-electron chi connectivity index (χ3n) is 3.05. The fourth-order valence-corrected chi connectivity index (χ4v) is 4.19. The Morgan fingerprint density at radius 3 is 2.31 bits per heavy atom. The molecule has 16 heavy (non-hydrogen) atoms.